The highest BCUT2D eigenvalue weighted by Crippen LogP contribution is 2.41. The molecule has 35 heavy (non-hydrogen) atoms. The van der Waals surface area contributed by atoms with E-state index in [9.17, 15) is 0 Å². The minimum absolute atomic E-state index is 0.272. The highest BCUT2D eigenvalue weighted by atomic mass is 35.5. The molecule has 12 heteroatoms. The maximum atomic E-state index is 6.73. The first-order chi connectivity index (χ1) is 17.0. The van der Waals surface area contributed by atoms with Crippen LogP contribution in [0.3, 0.4) is 0 Å². The average molecular weight is 509 g/mol. The number of halogens is 1. The van der Waals surface area contributed by atoms with Crippen molar-refractivity contribution in [2.75, 3.05) is 24.9 Å². The monoisotopic (exact) mass is 508 g/mol. The number of hydrogen-bond donors (Lipinski definition) is 1. The molecule has 0 saturated carbocycles. The van der Waals surface area contributed by atoms with Crippen LogP contribution in [0.4, 0.5) is 23.1 Å². The number of ether oxygens (including phenoxy) is 2. The number of anilines is 4. The van der Waals surface area contributed by atoms with E-state index in [1.165, 1.54) is 11.8 Å². The number of hydrogen-bond acceptors (Lipinski definition) is 9. The van der Waals surface area contributed by atoms with Crippen molar-refractivity contribution in [3.63, 3.8) is 0 Å². The molecule has 3 heterocycles. The summed E-state index contributed by atoms with van der Waals surface area (Å²) < 4.78 is 14.5. The summed E-state index contributed by atoms with van der Waals surface area (Å²) in [7, 11) is 5.13. The Morgan fingerprint density at radius 3 is 2.34 bits per heavy atom. The van der Waals surface area contributed by atoms with E-state index in [1.54, 1.807) is 43.4 Å². The molecule has 0 saturated heterocycles. The molecule has 2 N–H and O–H groups in total. The second-order valence-electron chi connectivity index (χ2n) is 7.44. The third-order valence-electron chi connectivity index (χ3n) is 5.22. The molecule has 0 radical (unpaired) electrons. The fourth-order valence-electron chi connectivity index (χ4n) is 3.48. The second-order valence-corrected chi connectivity index (χ2v) is 8.85. The lowest BCUT2D eigenvalue weighted by molar-refractivity contribution is 0.394. The largest absolute Gasteiger partial charge is 0.497 e. The van der Waals surface area contributed by atoms with Gasteiger partial charge in [-0.25, -0.2) is 14.5 Å². The number of benzene rings is 2. The van der Waals surface area contributed by atoms with Gasteiger partial charge >= 0.3 is 0 Å². The molecule has 5 rings (SSSR count). The number of nitrogens with zero attached hydrogens (tertiary/aromatic N) is 7. The zero-order chi connectivity index (χ0) is 24.5. The van der Waals surface area contributed by atoms with Gasteiger partial charge in [-0.05, 0) is 18.2 Å². The highest BCUT2D eigenvalue weighted by Gasteiger charge is 2.21. The number of imidazole rings is 1. The maximum Gasteiger partial charge on any atom is 0.254 e. The molecule has 5 aromatic rings. The summed E-state index contributed by atoms with van der Waals surface area (Å²) in [6, 6.07) is 11.2. The number of methoxy groups -OCH3 is 2. The molecule has 0 aliphatic heterocycles. The van der Waals surface area contributed by atoms with Crippen LogP contribution in [0.5, 0.6) is 11.5 Å². The zero-order valence-electron chi connectivity index (χ0n) is 19.1. The number of aryl methyl sites for hydroxylation is 1. The van der Waals surface area contributed by atoms with Crippen LogP contribution in [-0.4, -0.2) is 43.4 Å². The Hall–Kier alpha value is -3.96. The lowest BCUT2D eigenvalue weighted by Gasteiger charge is -2.23. The number of aromatic nitrogens is 6. The van der Waals surface area contributed by atoms with Gasteiger partial charge in [0.2, 0.25) is 0 Å². The van der Waals surface area contributed by atoms with Crippen LogP contribution >= 0.6 is 23.4 Å². The van der Waals surface area contributed by atoms with Crippen molar-refractivity contribution in [1.29, 1.82) is 0 Å². The molecule has 0 amide bonds. The summed E-state index contributed by atoms with van der Waals surface area (Å²) in [5, 5.41) is 6.02. The highest BCUT2D eigenvalue weighted by molar-refractivity contribution is 7.99. The van der Waals surface area contributed by atoms with Crippen molar-refractivity contribution in [1.82, 2.24) is 29.1 Å². The average Bonchev–Trinajstić information content (AvgIpc) is 3.47. The quantitative estimate of drug-likeness (QED) is 0.333. The van der Waals surface area contributed by atoms with Crippen LogP contribution in [0.2, 0.25) is 5.02 Å². The van der Waals surface area contributed by atoms with Gasteiger partial charge in [0.25, 0.3) is 5.95 Å². The van der Waals surface area contributed by atoms with Gasteiger partial charge in [0.1, 0.15) is 11.5 Å². The lowest BCUT2D eigenvalue weighted by atomic mass is 10.2. The van der Waals surface area contributed by atoms with Gasteiger partial charge in [0.05, 0.1) is 30.6 Å². The predicted octanol–water partition coefficient (Wildman–Crippen LogP) is 4.73. The van der Waals surface area contributed by atoms with Crippen LogP contribution in [0.1, 0.15) is 0 Å². The minimum Gasteiger partial charge on any atom is -0.497 e. The standard InChI is InChI=1S/C23H21ClN8O2S/c1-30-8-6-27-23(30)35-19-5-4-14(12-18(19)24)32(15-10-16(33-2)13-17(11-15)34-3)22-28-21-20(25)26-7-9-31(21)29-22/h4-13H,1-3H3,(H2,25,26). The number of nitrogen functional groups attached to an aromatic ring is 1. The Balaban J connectivity index is 1.64. The summed E-state index contributed by atoms with van der Waals surface area (Å²) in [5.41, 5.74) is 7.92. The van der Waals surface area contributed by atoms with E-state index in [1.807, 2.05) is 53.0 Å². The fourth-order valence-corrected chi connectivity index (χ4v) is 4.58. The maximum absolute atomic E-state index is 6.73. The summed E-state index contributed by atoms with van der Waals surface area (Å²) in [5.74, 6) is 1.87. The van der Waals surface area contributed by atoms with Crippen molar-refractivity contribution in [3.8, 4) is 11.5 Å². The third kappa shape index (κ3) is 4.43. The fraction of sp³-hybridized carbons (Fsp3) is 0.130. The molecule has 10 nitrogen and oxygen atoms in total. The van der Waals surface area contributed by atoms with Crippen LogP contribution in [-0.2, 0) is 7.05 Å². The summed E-state index contributed by atoms with van der Waals surface area (Å²) in [4.78, 5) is 15.8. The van der Waals surface area contributed by atoms with Crippen LogP contribution in [0.25, 0.3) is 5.65 Å². The number of fused-ring (bicyclic) bond motifs is 1. The molecule has 0 atom stereocenters. The Morgan fingerprint density at radius 1 is 0.971 bits per heavy atom. The molecule has 0 fully saturated rings. The van der Waals surface area contributed by atoms with Crippen molar-refractivity contribution in [2.24, 2.45) is 7.05 Å². The van der Waals surface area contributed by atoms with Crippen molar-refractivity contribution in [3.05, 3.63) is 66.2 Å². The van der Waals surface area contributed by atoms with E-state index in [0.717, 1.165) is 15.7 Å². The van der Waals surface area contributed by atoms with Crippen molar-refractivity contribution in [2.45, 2.75) is 10.1 Å². The zero-order valence-corrected chi connectivity index (χ0v) is 20.7. The van der Waals surface area contributed by atoms with E-state index in [2.05, 4.69) is 20.1 Å². The van der Waals surface area contributed by atoms with Crippen LogP contribution < -0.4 is 20.1 Å². The van der Waals surface area contributed by atoms with E-state index in [0.29, 0.717) is 33.8 Å². The Morgan fingerprint density at radius 2 is 1.71 bits per heavy atom. The van der Waals surface area contributed by atoms with E-state index in [-0.39, 0.29) is 5.82 Å². The molecule has 0 aliphatic carbocycles. The molecule has 0 spiro atoms. The first kappa shape index (κ1) is 22.8. The van der Waals surface area contributed by atoms with E-state index >= 15 is 0 Å². The molecule has 0 bridgehead atoms. The Bertz CT molecular complexity index is 1500. The molecule has 2 aromatic carbocycles. The molecular weight excluding hydrogens is 488 g/mol. The molecular formula is C23H21ClN8O2S. The first-order valence-electron chi connectivity index (χ1n) is 10.4. The topological polar surface area (TPSA) is 109 Å². The number of nitrogens with two attached hydrogens (primary N) is 1. The summed E-state index contributed by atoms with van der Waals surface area (Å²) in [6.45, 7) is 0. The normalized spacial score (nSPS) is 11.1. The van der Waals surface area contributed by atoms with Gasteiger partial charge in [0, 0.05) is 54.9 Å². The molecule has 178 valence electrons. The summed E-state index contributed by atoms with van der Waals surface area (Å²) >= 11 is 8.21. The van der Waals surface area contributed by atoms with Crippen molar-refractivity contribution < 1.29 is 9.47 Å². The van der Waals surface area contributed by atoms with Gasteiger partial charge in [-0.1, -0.05) is 23.4 Å². The minimum atomic E-state index is 0.272. The SMILES string of the molecule is COc1cc(OC)cc(N(c2ccc(Sc3nccn3C)c(Cl)c2)c2nc3c(N)nccn3n2)c1. The third-order valence-corrected chi connectivity index (χ3v) is 6.79. The lowest BCUT2D eigenvalue weighted by Crippen LogP contribution is -2.12. The summed E-state index contributed by atoms with van der Waals surface area (Å²) in [6.07, 6.45) is 6.89. The molecule has 0 unspecified atom stereocenters. The number of rotatable bonds is 7. The molecule has 0 aliphatic rings. The first-order valence-corrected chi connectivity index (χ1v) is 11.6. The van der Waals surface area contributed by atoms with Gasteiger partial charge in [-0.15, -0.1) is 5.10 Å². The van der Waals surface area contributed by atoms with Crippen molar-refractivity contribution >= 4 is 52.2 Å². The second kappa shape index (κ2) is 9.35. The smallest absolute Gasteiger partial charge is 0.254 e. The van der Waals surface area contributed by atoms with Gasteiger partial charge < -0.3 is 19.8 Å². The van der Waals surface area contributed by atoms with Gasteiger partial charge in [-0.3, -0.25) is 4.90 Å². The van der Waals surface area contributed by atoms with Crippen LogP contribution in [0.15, 0.2) is 71.2 Å². The Labute approximate surface area is 210 Å². The predicted molar refractivity (Wildman–Crippen MR) is 135 cm³/mol. The van der Waals surface area contributed by atoms with E-state index < -0.39 is 0 Å². The van der Waals surface area contributed by atoms with Crippen LogP contribution in [0, 0.1) is 0 Å². The van der Waals surface area contributed by atoms with Gasteiger partial charge in [-0.2, -0.15) is 4.98 Å². The molecule has 3 aromatic heterocycles. The van der Waals surface area contributed by atoms with Gasteiger partial charge in [0.15, 0.2) is 16.6 Å². The Kier molecular flexibility index (Phi) is 6.10. The van der Waals surface area contributed by atoms with E-state index in [4.69, 9.17) is 26.8 Å².